The zero-order chi connectivity index (χ0) is 14.0. The lowest BCUT2D eigenvalue weighted by atomic mass is 9.90. The maximum absolute atomic E-state index is 11.1. The normalized spacial score (nSPS) is 23.4. The minimum atomic E-state index is -0.378. The fraction of sp³-hybridized carbons (Fsp3) is 0.538. The van der Waals surface area contributed by atoms with Crippen LogP contribution in [0.3, 0.4) is 0 Å². The number of nitro groups is 1. The molecular formula is C13H18ClN3O2. The summed E-state index contributed by atoms with van der Waals surface area (Å²) in [6.45, 7) is 3.53. The third-order valence-electron chi connectivity index (χ3n) is 3.80. The smallest absolute Gasteiger partial charge is 0.294 e. The van der Waals surface area contributed by atoms with Crippen molar-refractivity contribution in [2.75, 3.05) is 18.0 Å². The number of hydrogen-bond donors (Lipinski definition) is 1. The largest absolute Gasteiger partial charge is 0.364 e. The number of piperidine rings is 1. The summed E-state index contributed by atoms with van der Waals surface area (Å²) in [5.41, 5.74) is 6.67. The molecule has 1 heterocycles. The highest BCUT2D eigenvalue weighted by molar-refractivity contribution is 6.33. The van der Waals surface area contributed by atoms with Crippen LogP contribution in [0.1, 0.15) is 19.8 Å². The fourth-order valence-electron chi connectivity index (χ4n) is 2.65. The molecule has 2 rings (SSSR count). The van der Waals surface area contributed by atoms with E-state index in [1.807, 2.05) is 4.90 Å². The molecular weight excluding hydrogens is 266 g/mol. The molecule has 6 heteroatoms. The molecule has 104 valence electrons. The first-order valence-electron chi connectivity index (χ1n) is 6.48. The molecule has 0 bridgehead atoms. The Bertz CT molecular complexity index is 481. The lowest BCUT2D eigenvalue weighted by Gasteiger charge is -2.37. The van der Waals surface area contributed by atoms with Gasteiger partial charge in [-0.25, -0.2) is 0 Å². The highest BCUT2D eigenvalue weighted by Gasteiger charge is 2.30. The van der Waals surface area contributed by atoms with E-state index < -0.39 is 0 Å². The van der Waals surface area contributed by atoms with Crippen molar-refractivity contribution in [3.05, 3.63) is 33.3 Å². The SMILES string of the molecule is CCC1CN(c2c(Cl)cccc2[N+](=O)[O-])CCC1N. The molecule has 0 aliphatic carbocycles. The monoisotopic (exact) mass is 283 g/mol. The first-order chi connectivity index (χ1) is 9.04. The van der Waals surface area contributed by atoms with Gasteiger partial charge in [-0.3, -0.25) is 10.1 Å². The Kier molecular flexibility index (Phi) is 4.27. The number of halogens is 1. The van der Waals surface area contributed by atoms with Crippen LogP contribution in [0, 0.1) is 16.0 Å². The van der Waals surface area contributed by atoms with Gasteiger partial charge in [-0.05, 0) is 18.4 Å². The van der Waals surface area contributed by atoms with Gasteiger partial charge in [0.15, 0.2) is 0 Å². The van der Waals surface area contributed by atoms with Crippen LogP contribution in [-0.2, 0) is 0 Å². The van der Waals surface area contributed by atoms with E-state index in [1.54, 1.807) is 12.1 Å². The van der Waals surface area contributed by atoms with Gasteiger partial charge in [0.1, 0.15) is 5.69 Å². The number of anilines is 1. The number of rotatable bonds is 3. The second-order valence-corrected chi connectivity index (χ2v) is 5.34. The quantitative estimate of drug-likeness (QED) is 0.684. The molecule has 2 atom stereocenters. The topological polar surface area (TPSA) is 72.4 Å². The predicted octanol–water partition coefficient (Wildman–Crippen LogP) is 2.81. The Morgan fingerprint density at radius 2 is 2.32 bits per heavy atom. The molecule has 0 saturated carbocycles. The predicted molar refractivity (Wildman–Crippen MR) is 76.7 cm³/mol. The molecule has 1 aromatic rings. The molecule has 19 heavy (non-hydrogen) atoms. The second-order valence-electron chi connectivity index (χ2n) is 4.93. The summed E-state index contributed by atoms with van der Waals surface area (Å²) in [4.78, 5) is 12.7. The van der Waals surface area contributed by atoms with Crippen LogP contribution in [0.15, 0.2) is 18.2 Å². The standard InChI is InChI=1S/C13H18ClN3O2/c1-2-9-8-16(7-6-11(9)15)13-10(14)4-3-5-12(13)17(18)19/h3-5,9,11H,2,6-8,15H2,1H3. The van der Waals surface area contributed by atoms with Gasteiger partial charge in [0, 0.05) is 25.2 Å². The molecule has 1 saturated heterocycles. The molecule has 1 aliphatic heterocycles. The zero-order valence-electron chi connectivity index (χ0n) is 10.9. The summed E-state index contributed by atoms with van der Waals surface area (Å²) in [7, 11) is 0. The Hall–Kier alpha value is -1.33. The molecule has 2 N–H and O–H groups in total. The molecule has 0 spiro atoms. The Morgan fingerprint density at radius 3 is 2.95 bits per heavy atom. The van der Waals surface area contributed by atoms with Gasteiger partial charge in [0.25, 0.3) is 5.69 Å². The van der Waals surface area contributed by atoms with Crippen molar-refractivity contribution in [1.29, 1.82) is 0 Å². The summed E-state index contributed by atoms with van der Waals surface area (Å²) in [5, 5.41) is 11.6. The van der Waals surface area contributed by atoms with Crippen molar-refractivity contribution in [1.82, 2.24) is 0 Å². The van der Waals surface area contributed by atoms with Crippen molar-refractivity contribution in [2.24, 2.45) is 11.7 Å². The number of para-hydroxylation sites is 1. The number of benzene rings is 1. The van der Waals surface area contributed by atoms with E-state index in [2.05, 4.69) is 6.92 Å². The summed E-state index contributed by atoms with van der Waals surface area (Å²) in [6.07, 6.45) is 1.80. The lowest BCUT2D eigenvalue weighted by molar-refractivity contribution is -0.384. The van der Waals surface area contributed by atoms with Gasteiger partial charge in [-0.1, -0.05) is 31.0 Å². The van der Waals surface area contributed by atoms with E-state index in [1.165, 1.54) is 6.07 Å². The Morgan fingerprint density at radius 1 is 1.58 bits per heavy atom. The molecule has 1 fully saturated rings. The van der Waals surface area contributed by atoms with Crippen molar-refractivity contribution in [3.8, 4) is 0 Å². The minimum absolute atomic E-state index is 0.0674. The summed E-state index contributed by atoms with van der Waals surface area (Å²) < 4.78 is 0. The molecule has 0 radical (unpaired) electrons. The first-order valence-corrected chi connectivity index (χ1v) is 6.85. The molecule has 5 nitrogen and oxygen atoms in total. The van der Waals surface area contributed by atoms with Crippen molar-refractivity contribution < 1.29 is 4.92 Å². The van der Waals surface area contributed by atoms with Crippen LogP contribution in [0.5, 0.6) is 0 Å². The van der Waals surface area contributed by atoms with Crippen LogP contribution in [0.25, 0.3) is 0 Å². The highest BCUT2D eigenvalue weighted by Crippen LogP contribution is 2.37. The minimum Gasteiger partial charge on any atom is -0.364 e. The van der Waals surface area contributed by atoms with E-state index in [0.717, 1.165) is 19.4 Å². The number of nitro benzene ring substituents is 1. The van der Waals surface area contributed by atoms with Crippen LogP contribution in [0.2, 0.25) is 5.02 Å². The van der Waals surface area contributed by atoms with Gasteiger partial charge in [-0.2, -0.15) is 0 Å². The van der Waals surface area contributed by atoms with E-state index in [9.17, 15) is 10.1 Å². The highest BCUT2D eigenvalue weighted by atomic mass is 35.5. The van der Waals surface area contributed by atoms with Crippen molar-refractivity contribution in [2.45, 2.75) is 25.8 Å². The van der Waals surface area contributed by atoms with Gasteiger partial charge >= 0.3 is 0 Å². The van der Waals surface area contributed by atoms with Crippen molar-refractivity contribution >= 4 is 23.0 Å². The Balaban J connectivity index is 2.34. The van der Waals surface area contributed by atoms with Gasteiger partial charge in [-0.15, -0.1) is 0 Å². The fourth-order valence-corrected chi connectivity index (χ4v) is 2.94. The van der Waals surface area contributed by atoms with Gasteiger partial charge in [0.05, 0.1) is 9.95 Å². The summed E-state index contributed by atoms with van der Waals surface area (Å²) in [6, 6.07) is 4.97. The van der Waals surface area contributed by atoms with Crippen LogP contribution in [0.4, 0.5) is 11.4 Å². The molecule has 0 amide bonds. The van der Waals surface area contributed by atoms with E-state index >= 15 is 0 Å². The number of nitrogens with two attached hydrogens (primary N) is 1. The number of hydrogen-bond acceptors (Lipinski definition) is 4. The maximum Gasteiger partial charge on any atom is 0.294 e. The van der Waals surface area contributed by atoms with E-state index in [4.69, 9.17) is 17.3 Å². The second kappa shape index (κ2) is 5.75. The van der Waals surface area contributed by atoms with Crippen molar-refractivity contribution in [3.63, 3.8) is 0 Å². The maximum atomic E-state index is 11.1. The first kappa shape index (κ1) is 14.1. The molecule has 2 unspecified atom stereocenters. The summed E-state index contributed by atoms with van der Waals surface area (Å²) >= 11 is 6.16. The van der Waals surface area contributed by atoms with Crippen LogP contribution in [-0.4, -0.2) is 24.1 Å². The average molecular weight is 284 g/mol. The van der Waals surface area contributed by atoms with Gasteiger partial charge < -0.3 is 10.6 Å². The number of nitrogens with zero attached hydrogens (tertiary/aromatic N) is 2. The average Bonchev–Trinajstić information content (AvgIpc) is 2.39. The third kappa shape index (κ3) is 2.82. The van der Waals surface area contributed by atoms with Crippen LogP contribution < -0.4 is 10.6 Å². The lowest BCUT2D eigenvalue weighted by Crippen LogP contribution is -2.47. The van der Waals surface area contributed by atoms with E-state index in [-0.39, 0.29) is 16.7 Å². The Labute approximate surface area is 117 Å². The zero-order valence-corrected chi connectivity index (χ0v) is 11.6. The van der Waals surface area contributed by atoms with E-state index in [0.29, 0.717) is 23.2 Å². The third-order valence-corrected chi connectivity index (χ3v) is 4.10. The van der Waals surface area contributed by atoms with Crippen LogP contribution >= 0.6 is 11.6 Å². The molecule has 1 aliphatic rings. The summed E-state index contributed by atoms with van der Waals surface area (Å²) in [5.74, 6) is 0.352. The molecule has 0 aromatic heterocycles. The van der Waals surface area contributed by atoms with Gasteiger partial charge in [0.2, 0.25) is 0 Å². The molecule has 1 aromatic carbocycles.